The van der Waals surface area contributed by atoms with Crippen molar-refractivity contribution in [1.82, 2.24) is 20.1 Å². The summed E-state index contributed by atoms with van der Waals surface area (Å²) >= 11 is 0. The number of hydrogen-bond donors (Lipinski definition) is 1. The molecule has 2 aromatic heterocycles. The molecular formula is C16H22N4. The maximum Gasteiger partial charge on any atom is 0.0883 e. The van der Waals surface area contributed by atoms with Crippen molar-refractivity contribution in [3.63, 3.8) is 0 Å². The molecule has 0 saturated carbocycles. The minimum Gasteiger partial charge on any atom is -0.301 e. The van der Waals surface area contributed by atoms with Gasteiger partial charge in [-0.1, -0.05) is 6.07 Å². The summed E-state index contributed by atoms with van der Waals surface area (Å²) in [6.45, 7) is 6.91. The summed E-state index contributed by atoms with van der Waals surface area (Å²) in [5, 5.41) is 6.98. The maximum atomic E-state index is 4.82. The van der Waals surface area contributed by atoms with Crippen molar-refractivity contribution in [2.24, 2.45) is 0 Å². The Balaban J connectivity index is 1.74. The van der Waals surface area contributed by atoms with Crippen LogP contribution in [0.25, 0.3) is 11.4 Å². The fraction of sp³-hybridized carbons (Fsp3) is 0.500. The second kappa shape index (κ2) is 5.75. The van der Waals surface area contributed by atoms with Gasteiger partial charge in [-0.2, -0.15) is 5.10 Å². The Morgan fingerprint density at radius 3 is 2.65 bits per heavy atom. The van der Waals surface area contributed by atoms with Crippen LogP contribution < -0.4 is 0 Å². The smallest absolute Gasteiger partial charge is 0.0883 e. The number of aromatic amines is 1. The molecule has 0 atom stereocenters. The fourth-order valence-corrected chi connectivity index (χ4v) is 2.94. The third-order valence-corrected chi connectivity index (χ3v) is 4.23. The maximum absolute atomic E-state index is 4.82. The lowest BCUT2D eigenvalue weighted by molar-refractivity contribution is 0.171. The molecule has 2 aromatic rings. The van der Waals surface area contributed by atoms with Gasteiger partial charge in [-0.05, 0) is 58.0 Å². The van der Waals surface area contributed by atoms with Gasteiger partial charge in [0.25, 0.3) is 0 Å². The van der Waals surface area contributed by atoms with Gasteiger partial charge >= 0.3 is 0 Å². The average Bonchev–Trinajstić information content (AvgIpc) is 3.02. The standard InChI is InChI=1S/C16H22N4/c1-12(2)20-10-7-13(8-11-20)14-4-3-5-15(18-14)16-6-9-17-19-16/h3-6,9,12-13H,7-8,10-11H2,1-2H3,(H,17,19). The number of rotatable bonds is 3. The number of aromatic nitrogens is 3. The van der Waals surface area contributed by atoms with Crippen LogP contribution in [0.5, 0.6) is 0 Å². The molecule has 0 aromatic carbocycles. The van der Waals surface area contributed by atoms with Crippen LogP contribution in [-0.4, -0.2) is 39.2 Å². The molecule has 1 saturated heterocycles. The van der Waals surface area contributed by atoms with Crippen LogP contribution in [0, 0.1) is 0 Å². The normalized spacial score (nSPS) is 17.8. The molecule has 0 unspecified atom stereocenters. The molecule has 1 fully saturated rings. The first-order chi connectivity index (χ1) is 9.74. The SMILES string of the molecule is CC(C)N1CCC(c2cccc(-c3ccn[nH]3)n2)CC1. The number of hydrogen-bond acceptors (Lipinski definition) is 3. The summed E-state index contributed by atoms with van der Waals surface area (Å²) in [5.74, 6) is 0.591. The third kappa shape index (κ3) is 2.75. The minimum absolute atomic E-state index is 0.591. The number of H-pyrrole nitrogens is 1. The molecule has 3 rings (SSSR count). The Hall–Kier alpha value is -1.68. The molecule has 4 heteroatoms. The van der Waals surface area contributed by atoms with E-state index in [-0.39, 0.29) is 0 Å². The van der Waals surface area contributed by atoms with Crippen molar-refractivity contribution in [1.29, 1.82) is 0 Å². The van der Waals surface area contributed by atoms with Crippen LogP contribution in [0.4, 0.5) is 0 Å². The van der Waals surface area contributed by atoms with Crippen LogP contribution in [0.1, 0.15) is 38.3 Å². The van der Waals surface area contributed by atoms with Crippen molar-refractivity contribution in [3.8, 4) is 11.4 Å². The Morgan fingerprint density at radius 1 is 1.20 bits per heavy atom. The Kier molecular flexibility index (Phi) is 3.83. The second-order valence-corrected chi connectivity index (χ2v) is 5.82. The summed E-state index contributed by atoms with van der Waals surface area (Å²) in [6, 6.07) is 8.93. The van der Waals surface area contributed by atoms with Crippen molar-refractivity contribution in [2.75, 3.05) is 13.1 Å². The van der Waals surface area contributed by atoms with Gasteiger partial charge in [0.15, 0.2) is 0 Å². The van der Waals surface area contributed by atoms with E-state index in [4.69, 9.17) is 4.98 Å². The van der Waals surface area contributed by atoms with Gasteiger partial charge in [0.05, 0.1) is 11.4 Å². The van der Waals surface area contributed by atoms with Gasteiger partial charge in [0.2, 0.25) is 0 Å². The quantitative estimate of drug-likeness (QED) is 0.932. The Bertz CT molecular complexity index is 539. The molecule has 0 radical (unpaired) electrons. The van der Waals surface area contributed by atoms with Crippen molar-refractivity contribution >= 4 is 0 Å². The highest BCUT2D eigenvalue weighted by molar-refractivity contribution is 5.53. The molecule has 20 heavy (non-hydrogen) atoms. The van der Waals surface area contributed by atoms with E-state index in [9.17, 15) is 0 Å². The molecule has 3 heterocycles. The minimum atomic E-state index is 0.591. The lowest BCUT2D eigenvalue weighted by Gasteiger charge is -2.34. The second-order valence-electron chi connectivity index (χ2n) is 5.82. The molecular weight excluding hydrogens is 248 g/mol. The molecule has 1 N–H and O–H groups in total. The van der Waals surface area contributed by atoms with E-state index in [0.717, 1.165) is 11.4 Å². The molecule has 0 aliphatic carbocycles. The van der Waals surface area contributed by atoms with Crippen LogP contribution in [0.2, 0.25) is 0 Å². The van der Waals surface area contributed by atoms with Gasteiger partial charge in [-0.15, -0.1) is 0 Å². The van der Waals surface area contributed by atoms with Crippen LogP contribution in [0.3, 0.4) is 0 Å². The largest absolute Gasteiger partial charge is 0.301 e. The highest BCUT2D eigenvalue weighted by atomic mass is 15.1. The number of nitrogens with zero attached hydrogens (tertiary/aromatic N) is 3. The molecule has 0 bridgehead atoms. The van der Waals surface area contributed by atoms with E-state index < -0.39 is 0 Å². The molecule has 106 valence electrons. The zero-order valence-corrected chi connectivity index (χ0v) is 12.2. The van der Waals surface area contributed by atoms with Crippen LogP contribution in [0.15, 0.2) is 30.5 Å². The highest BCUT2D eigenvalue weighted by Crippen LogP contribution is 2.28. The van der Waals surface area contributed by atoms with Gasteiger partial charge in [0, 0.05) is 23.9 Å². The van der Waals surface area contributed by atoms with E-state index in [1.807, 2.05) is 12.1 Å². The first-order valence-corrected chi connectivity index (χ1v) is 7.45. The van der Waals surface area contributed by atoms with Gasteiger partial charge in [-0.25, -0.2) is 0 Å². The van der Waals surface area contributed by atoms with Gasteiger partial charge in [-0.3, -0.25) is 10.1 Å². The summed E-state index contributed by atoms with van der Waals surface area (Å²) in [4.78, 5) is 7.37. The van der Waals surface area contributed by atoms with Crippen molar-refractivity contribution < 1.29 is 0 Å². The third-order valence-electron chi connectivity index (χ3n) is 4.23. The van der Waals surface area contributed by atoms with E-state index in [0.29, 0.717) is 12.0 Å². The zero-order valence-electron chi connectivity index (χ0n) is 12.2. The van der Waals surface area contributed by atoms with Crippen molar-refractivity contribution in [2.45, 2.75) is 38.6 Å². The zero-order chi connectivity index (χ0) is 13.9. The molecule has 0 amide bonds. The summed E-state index contributed by atoms with van der Waals surface area (Å²) < 4.78 is 0. The molecule has 1 aliphatic rings. The summed E-state index contributed by atoms with van der Waals surface area (Å²) in [5.41, 5.74) is 3.21. The number of pyridine rings is 1. The molecule has 4 nitrogen and oxygen atoms in total. The topological polar surface area (TPSA) is 44.8 Å². The van der Waals surface area contributed by atoms with Crippen LogP contribution >= 0.6 is 0 Å². The average molecular weight is 270 g/mol. The number of piperidine rings is 1. The fourth-order valence-electron chi connectivity index (χ4n) is 2.94. The summed E-state index contributed by atoms with van der Waals surface area (Å²) in [7, 11) is 0. The predicted octanol–water partition coefficient (Wildman–Crippen LogP) is 3.06. The lowest BCUT2D eigenvalue weighted by Crippen LogP contribution is -2.38. The lowest BCUT2D eigenvalue weighted by atomic mass is 9.92. The van der Waals surface area contributed by atoms with E-state index in [2.05, 4.69) is 41.1 Å². The van der Waals surface area contributed by atoms with Crippen molar-refractivity contribution in [3.05, 3.63) is 36.2 Å². The summed E-state index contributed by atoms with van der Waals surface area (Å²) in [6.07, 6.45) is 4.18. The van der Waals surface area contributed by atoms with E-state index >= 15 is 0 Å². The molecule has 0 spiro atoms. The molecule has 1 aliphatic heterocycles. The first kappa shape index (κ1) is 13.3. The van der Waals surface area contributed by atoms with E-state index in [1.54, 1.807) is 6.20 Å². The van der Waals surface area contributed by atoms with Gasteiger partial charge in [0.1, 0.15) is 0 Å². The van der Waals surface area contributed by atoms with E-state index in [1.165, 1.54) is 31.6 Å². The van der Waals surface area contributed by atoms with Gasteiger partial charge < -0.3 is 4.90 Å². The van der Waals surface area contributed by atoms with Crippen LogP contribution in [-0.2, 0) is 0 Å². The highest BCUT2D eigenvalue weighted by Gasteiger charge is 2.23. The predicted molar refractivity (Wildman–Crippen MR) is 80.5 cm³/mol. The Morgan fingerprint density at radius 2 is 2.00 bits per heavy atom. The first-order valence-electron chi connectivity index (χ1n) is 7.45. The number of nitrogens with one attached hydrogen (secondary N) is 1. The Labute approximate surface area is 120 Å². The number of likely N-dealkylation sites (tertiary alicyclic amines) is 1. The monoisotopic (exact) mass is 270 g/mol.